The van der Waals surface area contributed by atoms with Gasteiger partial charge < -0.3 is 15.0 Å². The Morgan fingerprint density at radius 3 is 2.77 bits per heavy atom. The zero-order valence-corrected chi connectivity index (χ0v) is 18.7. The third-order valence-electron chi connectivity index (χ3n) is 5.78. The zero-order chi connectivity index (χ0) is 21.8. The second-order valence-electron chi connectivity index (χ2n) is 7.75. The Morgan fingerprint density at radius 2 is 2.00 bits per heavy atom. The Kier molecular flexibility index (Phi) is 6.51. The van der Waals surface area contributed by atoms with Gasteiger partial charge in [0.2, 0.25) is 11.8 Å². The van der Waals surface area contributed by atoms with Crippen LogP contribution in [0, 0.1) is 5.92 Å². The summed E-state index contributed by atoms with van der Waals surface area (Å²) in [5.41, 5.74) is 1.74. The molecule has 1 saturated heterocycles. The van der Waals surface area contributed by atoms with Crippen molar-refractivity contribution in [2.24, 2.45) is 5.92 Å². The number of piperidine rings is 1. The van der Waals surface area contributed by atoms with Crippen LogP contribution in [0.4, 0.5) is 5.13 Å². The SMILES string of the molecule is CCCCN1C(=O)CCC(C(=O)Nc2nc3ccccc3s2)C1c1ccccc1OC. The fourth-order valence-corrected chi connectivity index (χ4v) is 5.11. The van der Waals surface area contributed by atoms with Crippen LogP contribution in [0.2, 0.25) is 0 Å². The van der Waals surface area contributed by atoms with Crippen LogP contribution in [0.15, 0.2) is 48.5 Å². The van der Waals surface area contributed by atoms with E-state index in [0.29, 0.717) is 30.3 Å². The van der Waals surface area contributed by atoms with Crippen molar-refractivity contribution in [3.63, 3.8) is 0 Å². The first-order valence-electron chi connectivity index (χ1n) is 10.7. The highest BCUT2D eigenvalue weighted by molar-refractivity contribution is 7.22. The summed E-state index contributed by atoms with van der Waals surface area (Å²) >= 11 is 1.46. The Hall–Kier alpha value is -2.93. The molecule has 4 rings (SSSR count). The van der Waals surface area contributed by atoms with Gasteiger partial charge in [-0.05, 0) is 31.0 Å². The number of carbonyl (C=O) groups is 2. The van der Waals surface area contributed by atoms with Crippen LogP contribution in [0.25, 0.3) is 10.2 Å². The second kappa shape index (κ2) is 9.47. The number of likely N-dealkylation sites (tertiary alicyclic amines) is 1. The van der Waals surface area contributed by atoms with Crippen LogP contribution >= 0.6 is 11.3 Å². The van der Waals surface area contributed by atoms with Crippen molar-refractivity contribution in [3.8, 4) is 5.75 Å². The van der Waals surface area contributed by atoms with Gasteiger partial charge in [0.1, 0.15) is 5.75 Å². The van der Waals surface area contributed by atoms with Gasteiger partial charge in [0.05, 0.1) is 29.3 Å². The number of fused-ring (bicyclic) bond motifs is 1. The molecule has 0 radical (unpaired) electrons. The first-order chi connectivity index (χ1) is 15.1. The molecule has 3 aromatic rings. The third kappa shape index (κ3) is 4.42. The Bertz CT molecular complexity index is 1050. The molecule has 0 bridgehead atoms. The van der Waals surface area contributed by atoms with Crippen LogP contribution in [-0.4, -0.2) is 35.4 Å². The minimum Gasteiger partial charge on any atom is -0.496 e. The Balaban J connectivity index is 1.67. The number of nitrogens with zero attached hydrogens (tertiary/aromatic N) is 2. The third-order valence-corrected chi connectivity index (χ3v) is 6.73. The molecule has 1 aliphatic rings. The lowest BCUT2D eigenvalue weighted by atomic mass is 9.83. The summed E-state index contributed by atoms with van der Waals surface area (Å²) in [6.45, 7) is 2.73. The number of nitrogens with one attached hydrogen (secondary N) is 1. The highest BCUT2D eigenvalue weighted by atomic mass is 32.1. The number of thiazole rings is 1. The highest BCUT2D eigenvalue weighted by Crippen LogP contribution is 2.41. The van der Waals surface area contributed by atoms with Crippen LogP contribution in [0.3, 0.4) is 0 Å². The number of methoxy groups -OCH3 is 1. The van der Waals surface area contributed by atoms with Crippen molar-refractivity contribution < 1.29 is 14.3 Å². The first kappa shape index (κ1) is 21.3. The predicted molar refractivity (Wildman–Crippen MR) is 123 cm³/mol. The fraction of sp³-hybridized carbons (Fsp3) is 0.375. The van der Waals surface area contributed by atoms with E-state index >= 15 is 0 Å². The van der Waals surface area contributed by atoms with Crippen molar-refractivity contribution in [2.45, 2.75) is 38.6 Å². The lowest BCUT2D eigenvalue weighted by Crippen LogP contribution is -2.47. The standard InChI is InChI=1S/C24H27N3O3S/c1-3-4-15-27-21(28)14-13-17(22(27)16-9-5-7-11-19(16)30-2)23(29)26-24-25-18-10-6-8-12-20(18)31-24/h5-12,17,22H,3-4,13-15H2,1-2H3,(H,25,26,29). The zero-order valence-electron chi connectivity index (χ0n) is 17.8. The molecular formula is C24H27N3O3S. The number of aromatic nitrogens is 1. The Labute approximate surface area is 186 Å². The first-order valence-corrected chi connectivity index (χ1v) is 11.5. The summed E-state index contributed by atoms with van der Waals surface area (Å²) in [6, 6.07) is 15.1. The highest BCUT2D eigenvalue weighted by Gasteiger charge is 2.41. The van der Waals surface area contributed by atoms with Gasteiger partial charge in [0.15, 0.2) is 5.13 Å². The number of hydrogen-bond acceptors (Lipinski definition) is 5. The maximum absolute atomic E-state index is 13.4. The number of para-hydroxylation sites is 2. The molecule has 2 unspecified atom stereocenters. The summed E-state index contributed by atoms with van der Waals surface area (Å²) in [5, 5.41) is 3.60. The molecule has 2 heterocycles. The van der Waals surface area contributed by atoms with Crippen molar-refractivity contribution in [3.05, 3.63) is 54.1 Å². The quantitative estimate of drug-likeness (QED) is 0.563. The van der Waals surface area contributed by atoms with E-state index in [1.807, 2.05) is 53.4 Å². The molecule has 31 heavy (non-hydrogen) atoms. The van der Waals surface area contributed by atoms with Crippen molar-refractivity contribution >= 4 is 38.5 Å². The van der Waals surface area contributed by atoms with E-state index < -0.39 is 0 Å². The van der Waals surface area contributed by atoms with E-state index in [4.69, 9.17) is 4.74 Å². The molecule has 0 spiro atoms. The van der Waals surface area contributed by atoms with E-state index in [9.17, 15) is 9.59 Å². The summed E-state index contributed by atoms with van der Waals surface area (Å²) < 4.78 is 6.62. The van der Waals surface area contributed by atoms with Gasteiger partial charge in [-0.15, -0.1) is 0 Å². The number of anilines is 1. The summed E-state index contributed by atoms with van der Waals surface area (Å²) in [7, 11) is 1.62. The number of amides is 2. The van der Waals surface area contributed by atoms with E-state index in [1.165, 1.54) is 11.3 Å². The van der Waals surface area contributed by atoms with Gasteiger partial charge >= 0.3 is 0 Å². The minimum atomic E-state index is -0.377. The summed E-state index contributed by atoms with van der Waals surface area (Å²) in [4.78, 5) is 32.7. The molecule has 1 aromatic heterocycles. The monoisotopic (exact) mass is 437 g/mol. The topological polar surface area (TPSA) is 71.5 Å². The fourth-order valence-electron chi connectivity index (χ4n) is 4.24. The van der Waals surface area contributed by atoms with Gasteiger partial charge in [-0.25, -0.2) is 4.98 Å². The van der Waals surface area contributed by atoms with Crippen LogP contribution in [0.5, 0.6) is 5.75 Å². The normalized spacial score (nSPS) is 18.9. The number of hydrogen-bond donors (Lipinski definition) is 1. The number of rotatable bonds is 7. The molecule has 162 valence electrons. The molecule has 2 amide bonds. The van der Waals surface area contributed by atoms with Crippen molar-refractivity contribution in [1.29, 1.82) is 0 Å². The average molecular weight is 438 g/mol. The molecule has 2 aromatic carbocycles. The van der Waals surface area contributed by atoms with E-state index in [0.717, 1.165) is 28.6 Å². The molecule has 0 aliphatic carbocycles. The molecule has 6 nitrogen and oxygen atoms in total. The second-order valence-corrected chi connectivity index (χ2v) is 8.78. The molecular weight excluding hydrogens is 410 g/mol. The molecule has 1 fully saturated rings. The largest absolute Gasteiger partial charge is 0.496 e. The molecule has 1 aliphatic heterocycles. The average Bonchev–Trinajstić information content (AvgIpc) is 3.20. The van der Waals surface area contributed by atoms with E-state index in [2.05, 4.69) is 17.2 Å². The lowest BCUT2D eigenvalue weighted by molar-refractivity contribution is -0.142. The van der Waals surface area contributed by atoms with Crippen LogP contribution in [-0.2, 0) is 9.59 Å². The molecule has 7 heteroatoms. The number of benzene rings is 2. The van der Waals surface area contributed by atoms with Gasteiger partial charge in [0, 0.05) is 18.5 Å². The van der Waals surface area contributed by atoms with E-state index in [1.54, 1.807) is 7.11 Å². The van der Waals surface area contributed by atoms with Gasteiger partial charge in [-0.3, -0.25) is 9.59 Å². The van der Waals surface area contributed by atoms with Gasteiger partial charge in [-0.2, -0.15) is 0 Å². The van der Waals surface area contributed by atoms with Gasteiger partial charge in [-0.1, -0.05) is 55.0 Å². The van der Waals surface area contributed by atoms with E-state index in [-0.39, 0.29) is 23.8 Å². The van der Waals surface area contributed by atoms with Crippen LogP contribution < -0.4 is 10.1 Å². The lowest BCUT2D eigenvalue weighted by Gasteiger charge is -2.41. The minimum absolute atomic E-state index is 0.0911. The maximum atomic E-state index is 13.4. The number of carbonyl (C=O) groups excluding carboxylic acids is 2. The molecule has 1 N–H and O–H groups in total. The summed E-state index contributed by atoms with van der Waals surface area (Å²) in [5.74, 6) is 0.303. The predicted octanol–water partition coefficient (Wildman–Crippen LogP) is 5.02. The maximum Gasteiger partial charge on any atom is 0.231 e. The Morgan fingerprint density at radius 1 is 1.23 bits per heavy atom. The molecule has 2 atom stereocenters. The number of ether oxygens (including phenoxy) is 1. The van der Waals surface area contributed by atoms with Crippen molar-refractivity contribution in [2.75, 3.05) is 19.0 Å². The molecule has 0 saturated carbocycles. The van der Waals surface area contributed by atoms with Crippen LogP contribution in [0.1, 0.15) is 44.2 Å². The smallest absolute Gasteiger partial charge is 0.231 e. The van der Waals surface area contributed by atoms with Gasteiger partial charge in [0.25, 0.3) is 0 Å². The summed E-state index contributed by atoms with van der Waals surface area (Å²) in [6.07, 6.45) is 2.74. The van der Waals surface area contributed by atoms with Crippen molar-refractivity contribution in [1.82, 2.24) is 9.88 Å². The number of unbranched alkanes of at least 4 members (excludes halogenated alkanes) is 1.